The Balaban J connectivity index is 1.71. The number of benzene rings is 2. The summed E-state index contributed by atoms with van der Waals surface area (Å²) >= 11 is 0. The van der Waals surface area contributed by atoms with Crippen molar-refractivity contribution in [2.45, 2.75) is 64.3 Å². The summed E-state index contributed by atoms with van der Waals surface area (Å²) in [6, 6.07) is 3.88. The van der Waals surface area contributed by atoms with E-state index in [2.05, 4.69) is 26.5 Å². The van der Waals surface area contributed by atoms with Gasteiger partial charge in [-0.25, -0.2) is 19.0 Å². The zero-order chi connectivity index (χ0) is 35.5. The molecule has 0 aliphatic heterocycles. The van der Waals surface area contributed by atoms with E-state index in [-0.39, 0.29) is 49.2 Å². The number of aromatic nitrogens is 2. The maximum Gasteiger partial charge on any atom is 0.326 e. The van der Waals surface area contributed by atoms with Gasteiger partial charge in [-0.1, -0.05) is 5.92 Å². The van der Waals surface area contributed by atoms with Crippen molar-refractivity contribution in [1.82, 2.24) is 20.6 Å². The lowest BCUT2D eigenvalue weighted by Crippen LogP contribution is -2.44. The number of fused-ring (bicyclic) bond motifs is 1. The molecule has 0 fully saturated rings. The maximum absolute atomic E-state index is 15.3. The van der Waals surface area contributed by atoms with Crippen LogP contribution < -0.4 is 21.1 Å². The van der Waals surface area contributed by atoms with Crippen molar-refractivity contribution in [2.75, 3.05) is 11.4 Å². The quantitative estimate of drug-likeness (QED) is 0.101. The van der Waals surface area contributed by atoms with Crippen molar-refractivity contribution < 1.29 is 48.8 Å². The number of carboxylic acid groups (broad SMARTS) is 3. The monoisotopic (exact) mass is 667 g/mol. The first-order chi connectivity index (χ1) is 22.7. The normalized spacial score (nSPS) is 12.0. The lowest BCUT2D eigenvalue weighted by molar-refractivity contribution is -0.143. The number of aliphatic hydroxyl groups excluding tert-OH is 1. The summed E-state index contributed by atoms with van der Waals surface area (Å²) in [6.45, 7) is 1.51. The van der Waals surface area contributed by atoms with E-state index >= 15 is 4.39 Å². The third kappa shape index (κ3) is 9.84. The van der Waals surface area contributed by atoms with Gasteiger partial charge >= 0.3 is 17.9 Å². The Morgan fingerprint density at radius 3 is 2.31 bits per heavy atom. The summed E-state index contributed by atoms with van der Waals surface area (Å²) in [5.41, 5.74) is 1.14. The molecule has 16 heteroatoms. The second-order valence-corrected chi connectivity index (χ2v) is 10.8. The van der Waals surface area contributed by atoms with Gasteiger partial charge in [0.15, 0.2) is 0 Å². The fourth-order valence-electron chi connectivity index (χ4n) is 4.82. The summed E-state index contributed by atoms with van der Waals surface area (Å²) < 4.78 is 15.3. The Labute approximate surface area is 272 Å². The standard InChI is InChI=1S/C32H34FN5O10/c1-3-11-38(15-18-13-21-25(12-17(18)2)34-26(16-39)37-30(21)44)19-7-8-20(22(33)14-19)29(43)36-24(32(47)48)9-10-27(40)35-23(31(45)46)5-4-6-28(41)42/h1,7-8,12-14,23-24,39H,4-6,9-11,15-16H2,2H3,(H,35,40)(H,36,43)(H,41,42)(H,45,46)(H,47,48)(H,34,37,44)/t23-,24+/m1/s1. The summed E-state index contributed by atoms with van der Waals surface area (Å²) in [5, 5.41) is 41.5. The molecule has 1 heterocycles. The second kappa shape index (κ2) is 16.7. The number of aliphatic carboxylic acids is 3. The number of hydrogen-bond donors (Lipinski definition) is 7. The number of aryl methyl sites for hydroxylation is 1. The van der Waals surface area contributed by atoms with E-state index in [9.17, 15) is 44.1 Å². The number of anilines is 1. The summed E-state index contributed by atoms with van der Waals surface area (Å²) in [4.78, 5) is 79.9. The van der Waals surface area contributed by atoms with Crippen LogP contribution in [-0.2, 0) is 32.3 Å². The molecule has 2 aromatic carbocycles. The number of H-pyrrole nitrogens is 1. The van der Waals surface area contributed by atoms with Crippen LogP contribution in [-0.4, -0.2) is 78.7 Å². The molecular formula is C32H34FN5O10. The predicted molar refractivity (Wildman–Crippen MR) is 168 cm³/mol. The van der Waals surface area contributed by atoms with E-state index < -0.39 is 78.2 Å². The van der Waals surface area contributed by atoms with Crippen LogP contribution in [0.5, 0.6) is 0 Å². The first kappa shape index (κ1) is 36.6. The van der Waals surface area contributed by atoms with Crippen LogP contribution in [0, 0.1) is 25.1 Å². The lowest BCUT2D eigenvalue weighted by atomic mass is 10.0. The molecule has 0 saturated carbocycles. The van der Waals surface area contributed by atoms with Crippen molar-refractivity contribution in [3.63, 3.8) is 0 Å². The largest absolute Gasteiger partial charge is 0.481 e. The number of carbonyl (C=O) groups is 5. The number of aromatic amines is 1. The van der Waals surface area contributed by atoms with Crippen LogP contribution in [0.3, 0.4) is 0 Å². The number of carboxylic acids is 3. The molecular weight excluding hydrogens is 633 g/mol. The molecule has 15 nitrogen and oxygen atoms in total. The van der Waals surface area contributed by atoms with E-state index in [0.29, 0.717) is 11.1 Å². The number of amides is 2. The predicted octanol–water partition coefficient (Wildman–Crippen LogP) is 1.29. The number of nitrogens with one attached hydrogen (secondary N) is 3. The molecule has 0 bridgehead atoms. The molecule has 3 rings (SSSR count). The van der Waals surface area contributed by atoms with Crippen molar-refractivity contribution in [2.24, 2.45) is 0 Å². The molecule has 3 aromatic rings. The lowest BCUT2D eigenvalue weighted by Gasteiger charge is -2.24. The molecule has 0 spiro atoms. The minimum Gasteiger partial charge on any atom is -0.481 e. The van der Waals surface area contributed by atoms with E-state index in [1.807, 2.05) is 0 Å². The van der Waals surface area contributed by atoms with Gasteiger partial charge in [-0.05, 0) is 67.6 Å². The SMILES string of the molecule is C#CCN(Cc1cc2c(=O)[nH]c(CO)nc2cc1C)c1ccc(C(=O)N[C@@H](CCC(=O)N[C@H](CCCC(=O)O)C(=O)O)C(=O)O)c(F)c1. The van der Waals surface area contributed by atoms with Crippen molar-refractivity contribution in [3.8, 4) is 12.3 Å². The number of halogens is 1. The number of rotatable bonds is 17. The van der Waals surface area contributed by atoms with Crippen LogP contribution in [0.4, 0.5) is 10.1 Å². The van der Waals surface area contributed by atoms with Gasteiger partial charge in [-0.15, -0.1) is 6.42 Å². The number of nitrogens with zero attached hydrogens (tertiary/aromatic N) is 2. The second-order valence-electron chi connectivity index (χ2n) is 10.8. The van der Waals surface area contributed by atoms with Gasteiger partial charge in [0.25, 0.3) is 11.5 Å². The molecule has 0 saturated heterocycles. The molecule has 254 valence electrons. The summed E-state index contributed by atoms with van der Waals surface area (Å²) in [6.07, 6.45) is 4.13. The topological polar surface area (TPSA) is 239 Å². The Hall–Kier alpha value is -5.82. The van der Waals surface area contributed by atoms with Gasteiger partial charge in [-0.2, -0.15) is 0 Å². The number of terminal acetylenes is 1. The molecule has 0 aliphatic carbocycles. The average molecular weight is 668 g/mol. The Bertz CT molecular complexity index is 1820. The fraction of sp³-hybridized carbons (Fsp3) is 0.344. The molecule has 7 N–H and O–H groups in total. The van der Waals surface area contributed by atoms with Gasteiger partial charge in [0.2, 0.25) is 5.91 Å². The Morgan fingerprint density at radius 2 is 1.71 bits per heavy atom. The van der Waals surface area contributed by atoms with Crippen LogP contribution in [0.15, 0.2) is 35.1 Å². The van der Waals surface area contributed by atoms with E-state index in [0.717, 1.165) is 17.7 Å². The van der Waals surface area contributed by atoms with E-state index in [1.54, 1.807) is 24.0 Å². The molecule has 0 unspecified atom stereocenters. The van der Waals surface area contributed by atoms with Gasteiger partial charge in [0.1, 0.15) is 30.3 Å². The number of carbonyl (C=O) groups excluding carboxylic acids is 2. The minimum absolute atomic E-state index is 0.0139. The Morgan fingerprint density at radius 1 is 1.02 bits per heavy atom. The molecule has 0 aliphatic rings. The summed E-state index contributed by atoms with van der Waals surface area (Å²) in [7, 11) is 0. The molecule has 48 heavy (non-hydrogen) atoms. The van der Waals surface area contributed by atoms with Gasteiger partial charge < -0.3 is 40.9 Å². The molecule has 2 atom stereocenters. The third-order valence-electron chi connectivity index (χ3n) is 7.35. The average Bonchev–Trinajstić information content (AvgIpc) is 3.02. The minimum atomic E-state index is -1.63. The highest BCUT2D eigenvalue weighted by Gasteiger charge is 2.26. The highest BCUT2D eigenvalue weighted by Crippen LogP contribution is 2.24. The fourth-order valence-corrected chi connectivity index (χ4v) is 4.82. The van der Waals surface area contributed by atoms with Crippen molar-refractivity contribution in [3.05, 3.63) is 69.0 Å². The van der Waals surface area contributed by atoms with E-state index in [4.69, 9.17) is 11.5 Å². The van der Waals surface area contributed by atoms with Crippen LogP contribution in [0.1, 0.15) is 59.4 Å². The maximum atomic E-state index is 15.3. The third-order valence-corrected chi connectivity index (χ3v) is 7.35. The Kier molecular flexibility index (Phi) is 12.7. The number of aliphatic hydroxyl groups is 1. The summed E-state index contributed by atoms with van der Waals surface area (Å²) in [5.74, 6) is -4.35. The first-order valence-electron chi connectivity index (χ1n) is 14.6. The zero-order valence-corrected chi connectivity index (χ0v) is 25.8. The van der Waals surface area contributed by atoms with Gasteiger partial charge in [0.05, 0.1) is 23.0 Å². The first-order valence-corrected chi connectivity index (χ1v) is 14.6. The molecule has 0 radical (unpaired) electrons. The van der Waals surface area contributed by atoms with Crippen molar-refractivity contribution in [1.29, 1.82) is 0 Å². The smallest absolute Gasteiger partial charge is 0.326 e. The van der Waals surface area contributed by atoms with Crippen LogP contribution in [0.2, 0.25) is 0 Å². The molecule has 2 amide bonds. The highest BCUT2D eigenvalue weighted by molar-refractivity contribution is 5.97. The van der Waals surface area contributed by atoms with Crippen LogP contribution >= 0.6 is 0 Å². The van der Waals surface area contributed by atoms with Crippen LogP contribution in [0.25, 0.3) is 10.9 Å². The molecule has 1 aromatic heterocycles. The van der Waals surface area contributed by atoms with Crippen molar-refractivity contribution >= 4 is 46.3 Å². The number of hydrogen-bond acceptors (Lipinski definition) is 9. The van der Waals surface area contributed by atoms with Gasteiger partial charge in [-0.3, -0.25) is 19.2 Å². The highest BCUT2D eigenvalue weighted by atomic mass is 19.1. The van der Waals surface area contributed by atoms with E-state index in [1.165, 1.54) is 6.07 Å². The van der Waals surface area contributed by atoms with Gasteiger partial charge in [0, 0.05) is 25.1 Å². The zero-order valence-electron chi connectivity index (χ0n) is 25.8.